The van der Waals surface area contributed by atoms with E-state index in [1.165, 1.54) is 12.1 Å². The number of hydrogen-bond donors (Lipinski definition) is 1. The van der Waals surface area contributed by atoms with E-state index in [9.17, 15) is 4.39 Å². The summed E-state index contributed by atoms with van der Waals surface area (Å²) in [6.07, 6.45) is 1.82. The number of benzene rings is 1. The molecule has 0 saturated heterocycles. The predicted molar refractivity (Wildman–Crippen MR) is 80.0 cm³/mol. The fraction of sp³-hybridized carbons (Fsp3) is 0.267. The molecule has 0 unspecified atom stereocenters. The molecule has 5 heteroatoms. The van der Waals surface area contributed by atoms with Crippen molar-refractivity contribution in [1.29, 1.82) is 0 Å². The molecule has 0 fully saturated rings. The summed E-state index contributed by atoms with van der Waals surface area (Å²) in [5, 5.41) is 3.24. The topological polar surface area (TPSA) is 34.1 Å². The van der Waals surface area contributed by atoms with Gasteiger partial charge in [-0.25, -0.2) is 4.39 Å². The van der Waals surface area contributed by atoms with Crippen molar-refractivity contribution in [3.05, 3.63) is 58.1 Å². The quantitative estimate of drug-likeness (QED) is 0.872. The highest BCUT2D eigenvalue weighted by Crippen LogP contribution is 2.21. The fourth-order valence-electron chi connectivity index (χ4n) is 1.68. The number of nitrogens with zero attached hydrogens (tertiary/aromatic N) is 1. The molecule has 0 spiro atoms. The maximum Gasteiger partial charge on any atom is 0.130 e. The van der Waals surface area contributed by atoms with Gasteiger partial charge in [0.2, 0.25) is 0 Å². The number of aromatic nitrogens is 1. The normalized spacial score (nSPS) is 10.6. The lowest BCUT2D eigenvalue weighted by Crippen LogP contribution is -2.12. The molecule has 1 aromatic heterocycles. The molecule has 3 nitrogen and oxygen atoms in total. The lowest BCUT2D eigenvalue weighted by molar-refractivity contribution is 0.299. The lowest BCUT2D eigenvalue weighted by Gasteiger charge is -2.07. The number of hydrogen-bond acceptors (Lipinski definition) is 3. The van der Waals surface area contributed by atoms with Gasteiger partial charge in [-0.3, -0.25) is 4.98 Å². The minimum absolute atomic E-state index is 0.317. The molecule has 0 atom stereocenters. The predicted octanol–water partition coefficient (Wildman–Crippen LogP) is 3.67. The number of halogens is 2. The van der Waals surface area contributed by atoms with E-state index in [4.69, 9.17) is 4.74 Å². The molecule has 0 radical (unpaired) electrons. The van der Waals surface area contributed by atoms with E-state index in [0.717, 1.165) is 24.3 Å². The van der Waals surface area contributed by atoms with E-state index in [1.807, 2.05) is 18.3 Å². The monoisotopic (exact) mass is 338 g/mol. The van der Waals surface area contributed by atoms with E-state index >= 15 is 0 Å². The van der Waals surface area contributed by atoms with Crippen LogP contribution in [0.2, 0.25) is 0 Å². The van der Waals surface area contributed by atoms with Crippen LogP contribution < -0.4 is 10.1 Å². The molecular formula is C15H16BrFN2O. The zero-order valence-electron chi connectivity index (χ0n) is 11.2. The van der Waals surface area contributed by atoms with E-state index in [2.05, 4.69) is 33.2 Å². The molecule has 0 amide bonds. The van der Waals surface area contributed by atoms with Crippen molar-refractivity contribution in [1.82, 2.24) is 10.3 Å². The molecule has 106 valence electrons. The van der Waals surface area contributed by atoms with Crippen LogP contribution in [0.3, 0.4) is 0 Å². The molecule has 0 bridgehead atoms. The van der Waals surface area contributed by atoms with Crippen LogP contribution >= 0.6 is 15.9 Å². The Hall–Kier alpha value is -1.46. The number of ether oxygens (including phenoxy) is 1. The summed E-state index contributed by atoms with van der Waals surface area (Å²) in [6.45, 7) is 4.12. The maximum atomic E-state index is 13.2. The van der Waals surface area contributed by atoms with Crippen LogP contribution in [0.25, 0.3) is 0 Å². The largest absolute Gasteiger partial charge is 0.487 e. The summed E-state index contributed by atoms with van der Waals surface area (Å²) < 4.78 is 19.4. The van der Waals surface area contributed by atoms with Gasteiger partial charge in [0.05, 0.1) is 5.69 Å². The minimum atomic E-state index is -0.330. The molecule has 0 saturated carbocycles. The highest BCUT2D eigenvalue weighted by atomic mass is 79.9. The van der Waals surface area contributed by atoms with Crippen LogP contribution in [0.15, 0.2) is 41.0 Å². The van der Waals surface area contributed by atoms with Gasteiger partial charge < -0.3 is 10.1 Å². The Balaban J connectivity index is 1.93. The van der Waals surface area contributed by atoms with Crippen molar-refractivity contribution in [3.8, 4) is 5.75 Å². The second-order valence-electron chi connectivity index (χ2n) is 4.33. The molecule has 0 aliphatic carbocycles. The second kappa shape index (κ2) is 7.36. The zero-order chi connectivity index (χ0) is 14.4. The van der Waals surface area contributed by atoms with Gasteiger partial charge in [-0.05, 0) is 30.3 Å². The molecular weight excluding hydrogens is 323 g/mol. The molecule has 1 aromatic carbocycles. The summed E-state index contributed by atoms with van der Waals surface area (Å²) in [7, 11) is 0. The number of nitrogens with one attached hydrogen (secondary N) is 1. The van der Waals surface area contributed by atoms with Crippen molar-refractivity contribution < 1.29 is 9.13 Å². The Bertz CT molecular complexity index is 540. The van der Waals surface area contributed by atoms with Gasteiger partial charge >= 0.3 is 0 Å². The Morgan fingerprint density at radius 3 is 2.80 bits per heavy atom. The first kappa shape index (κ1) is 14.9. The average molecular weight is 339 g/mol. The van der Waals surface area contributed by atoms with Gasteiger partial charge in [0, 0.05) is 23.3 Å². The van der Waals surface area contributed by atoms with Crippen LogP contribution in [0.1, 0.15) is 18.2 Å². The Labute approximate surface area is 126 Å². The first-order valence-electron chi connectivity index (χ1n) is 6.41. The highest BCUT2D eigenvalue weighted by Gasteiger charge is 2.02. The molecule has 1 heterocycles. The second-order valence-corrected chi connectivity index (χ2v) is 5.25. The highest BCUT2D eigenvalue weighted by molar-refractivity contribution is 9.10. The summed E-state index contributed by atoms with van der Waals surface area (Å²) in [5.41, 5.74) is 1.94. The summed E-state index contributed by atoms with van der Waals surface area (Å²) in [4.78, 5) is 4.32. The van der Waals surface area contributed by atoms with E-state index < -0.39 is 0 Å². The molecule has 2 rings (SSSR count). The van der Waals surface area contributed by atoms with Crippen LogP contribution in [-0.4, -0.2) is 11.5 Å². The first-order valence-corrected chi connectivity index (χ1v) is 7.20. The van der Waals surface area contributed by atoms with Gasteiger partial charge in [0.1, 0.15) is 18.2 Å². The van der Waals surface area contributed by atoms with E-state index in [1.54, 1.807) is 6.07 Å². The van der Waals surface area contributed by atoms with Crippen molar-refractivity contribution >= 4 is 15.9 Å². The smallest absolute Gasteiger partial charge is 0.130 e. The van der Waals surface area contributed by atoms with Crippen LogP contribution in [0.4, 0.5) is 4.39 Å². The van der Waals surface area contributed by atoms with Crippen molar-refractivity contribution in [2.45, 2.75) is 20.1 Å². The van der Waals surface area contributed by atoms with Crippen molar-refractivity contribution in [2.75, 3.05) is 6.54 Å². The van der Waals surface area contributed by atoms with Crippen LogP contribution in [-0.2, 0) is 13.2 Å². The number of rotatable bonds is 6. The van der Waals surface area contributed by atoms with E-state index in [0.29, 0.717) is 16.8 Å². The Kier molecular flexibility index (Phi) is 5.49. The molecule has 0 aliphatic rings. The molecule has 0 aliphatic heterocycles. The fourth-order valence-corrected chi connectivity index (χ4v) is 2.13. The van der Waals surface area contributed by atoms with Gasteiger partial charge in [-0.15, -0.1) is 0 Å². The van der Waals surface area contributed by atoms with Gasteiger partial charge in [-0.1, -0.05) is 28.9 Å². The third-order valence-corrected chi connectivity index (χ3v) is 3.15. The minimum Gasteiger partial charge on any atom is -0.487 e. The van der Waals surface area contributed by atoms with Gasteiger partial charge in [0.15, 0.2) is 0 Å². The average Bonchev–Trinajstić information content (AvgIpc) is 2.43. The Morgan fingerprint density at radius 2 is 2.15 bits per heavy atom. The van der Waals surface area contributed by atoms with Gasteiger partial charge in [-0.2, -0.15) is 0 Å². The first-order chi connectivity index (χ1) is 9.67. The maximum absolute atomic E-state index is 13.2. The summed E-state index contributed by atoms with van der Waals surface area (Å²) >= 11 is 3.23. The van der Waals surface area contributed by atoms with Crippen LogP contribution in [0, 0.1) is 5.82 Å². The van der Waals surface area contributed by atoms with Crippen molar-refractivity contribution in [2.24, 2.45) is 0 Å². The van der Waals surface area contributed by atoms with Crippen LogP contribution in [0.5, 0.6) is 5.75 Å². The third kappa shape index (κ3) is 4.58. The third-order valence-electron chi connectivity index (χ3n) is 2.69. The van der Waals surface area contributed by atoms with E-state index in [-0.39, 0.29) is 5.82 Å². The van der Waals surface area contributed by atoms with Crippen molar-refractivity contribution in [3.63, 3.8) is 0 Å². The standard InChI is InChI=1S/C15H16BrFN2O/c1-2-18-8-11-3-4-14(19-9-11)10-20-15-6-12(16)5-13(17)7-15/h3-7,9,18H,2,8,10H2,1H3. The molecule has 20 heavy (non-hydrogen) atoms. The molecule has 2 aromatic rings. The summed E-state index contributed by atoms with van der Waals surface area (Å²) in [5.74, 6) is 0.152. The lowest BCUT2D eigenvalue weighted by atomic mass is 10.2. The zero-order valence-corrected chi connectivity index (χ0v) is 12.8. The molecule has 1 N–H and O–H groups in total. The SMILES string of the molecule is CCNCc1ccc(COc2cc(F)cc(Br)c2)nc1. The summed E-state index contributed by atoms with van der Waals surface area (Å²) in [6, 6.07) is 8.39. The number of pyridine rings is 1. The Morgan fingerprint density at radius 1 is 1.30 bits per heavy atom. The van der Waals surface area contributed by atoms with Gasteiger partial charge in [0.25, 0.3) is 0 Å².